The van der Waals surface area contributed by atoms with Crippen LogP contribution in [0, 0.1) is 24.1 Å². The monoisotopic (exact) mass is 441 g/mol. The number of halogens is 1. The van der Waals surface area contributed by atoms with E-state index >= 15 is 0 Å². The van der Waals surface area contributed by atoms with Gasteiger partial charge in [0.1, 0.15) is 35.4 Å². The molecule has 2 aromatic carbocycles. The number of anilines is 2. The molecular weight excluding hydrogens is 421 g/mol. The van der Waals surface area contributed by atoms with E-state index in [1.54, 1.807) is 6.92 Å². The largest absolute Gasteiger partial charge is 0.382 e. The van der Waals surface area contributed by atoms with E-state index in [0.29, 0.717) is 35.8 Å². The molecule has 0 saturated carbocycles. The fourth-order valence-electron chi connectivity index (χ4n) is 4.48. The number of nitrogen functional groups attached to an aromatic ring is 1. The number of benzene rings is 2. The molecule has 1 atom stereocenters. The Morgan fingerprint density at radius 2 is 1.97 bits per heavy atom. The van der Waals surface area contributed by atoms with E-state index in [0.717, 1.165) is 6.42 Å². The van der Waals surface area contributed by atoms with Gasteiger partial charge in [0.05, 0.1) is 22.6 Å². The highest BCUT2D eigenvalue weighted by Crippen LogP contribution is 2.37. The molecule has 9 heteroatoms. The van der Waals surface area contributed by atoms with Crippen LogP contribution in [0.15, 0.2) is 53.6 Å². The molecule has 0 amide bonds. The van der Waals surface area contributed by atoms with Crippen molar-refractivity contribution in [2.75, 3.05) is 17.2 Å². The van der Waals surface area contributed by atoms with Crippen LogP contribution < -0.4 is 16.2 Å². The number of hydrogen-bond donors (Lipinski definition) is 1. The molecule has 164 valence electrons. The van der Waals surface area contributed by atoms with E-state index < -0.39 is 5.82 Å². The Hall–Kier alpha value is -4.32. The van der Waals surface area contributed by atoms with Gasteiger partial charge in [0.2, 0.25) is 0 Å². The average Bonchev–Trinajstić information content (AvgIpc) is 3.31. The summed E-state index contributed by atoms with van der Waals surface area (Å²) in [5.41, 5.74) is 7.10. The smallest absolute Gasteiger partial charge is 0.266 e. The van der Waals surface area contributed by atoms with Crippen molar-refractivity contribution in [2.45, 2.75) is 25.8 Å². The van der Waals surface area contributed by atoms with Gasteiger partial charge in [-0.05, 0) is 49.6 Å². The highest BCUT2D eigenvalue weighted by atomic mass is 19.1. The number of nitrogens with two attached hydrogens (primary N) is 1. The SMILES string of the molecule is Cc1c(F)ccc2nc([C@@H]3CCCN3c3ncnc(N)c3C#N)n(-c3ccccc3)c(=O)c12. The lowest BCUT2D eigenvalue weighted by atomic mass is 10.1. The number of aryl methyl sites for hydroxylation is 1. The highest BCUT2D eigenvalue weighted by Gasteiger charge is 2.34. The van der Waals surface area contributed by atoms with Crippen molar-refractivity contribution in [3.63, 3.8) is 0 Å². The molecule has 1 fully saturated rings. The predicted molar refractivity (Wildman–Crippen MR) is 123 cm³/mol. The van der Waals surface area contributed by atoms with Crippen molar-refractivity contribution in [1.29, 1.82) is 5.26 Å². The Morgan fingerprint density at radius 1 is 1.18 bits per heavy atom. The first-order valence-corrected chi connectivity index (χ1v) is 10.6. The summed E-state index contributed by atoms with van der Waals surface area (Å²) in [6.07, 6.45) is 2.83. The van der Waals surface area contributed by atoms with Crippen LogP contribution in [-0.2, 0) is 0 Å². The third-order valence-corrected chi connectivity index (χ3v) is 6.06. The Balaban J connectivity index is 1.79. The summed E-state index contributed by atoms with van der Waals surface area (Å²) in [6.45, 7) is 2.20. The van der Waals surface area contributed by atoms with E-state index in [4.69, 9.17) is 10.7 Å². The number of hydrogen-bond acceptors (Lipinski definition) is 7. The van der Waals surface area contributed by atoms with Crippen molar-refractivity contribution in [3.8, 4) is 11.8 Å². The molecule has 33 heavy (non-hydrogen) atoms. The molecule has 4 aromatic rings. The molecule has 1 saturated heterocycles. The molecule has 0 spiro atoms. The van der Waals surface area contributed by atoms with E-state index in [1.165, 1.54) is 23.0 Å². The van der Waals surface area contributed by atoms with Gasteiger partial charge >= 0.3 is 0 Å². The second kappa shape index (κ2) is 7.98. The van der Waals surface area contributed by atoms with E-state index in [1.807, 2.05) is 35.2 Å². The van der Waals surface area contributed by atoms with Gasteiger partial charge in [0, 0.05) is 6.54 Å². The van der Waals surface area contributed by atoms with Crippen LogP contribution >= 0.6 is 0 Å². The topological polar surface area (TPSA) is 114 Å². The number of rotatable bonds is 3. The number of fused-ring (bicyclic) bond motifs is 1. The molecule has 3 heterocycles. The Bertz CT molecular complexity index is 1480. The molecule has 1 aliphatic rings. The van der Waals surface area contributed by atoms with Gasteiger partial charge in [-0.25, -0.2) is 19.3 Å². The Labute approximate surface area is 188 Å². The molecule has 5 rings (SSSR count). The van der Waals surface area contributed by atoms with Crippen LogP contribution in [0.3, 0.4) is 0 Å². The third-order valence-electron chi connectivity index (χ3n) is 6.06. The fourth-order valence-corrected chi connectivity index (χ4v) is 4.48. The molecule has 0 unspecified atom stereocenters. The zero-order chi connectivity index (χ0) is 23.1. The minimum atomic E-state index is -0.452. The molecule has 0 bridgehead atoms. The number of para-hydroxylation sites is 1. The van der Waals surface area contributed by atoms with Gasteiger partial charge in [-0.2, -0.15) is 5.26 Å². The lowest BCUT2D eigenvalue weighted by molar-refractivity contribution is 0.617. The molecular formula is C24H20FN7O. The zero-order valence-corrected chi connectivity index (χ0v) is 17.9. The summed E-state index contributed by atoms with van der Waals surface area (Å²) in [4.78, 5) is 28.8. The second-order valence-electron chi connectivity index (χ2n) is 7.93. The van der Waals surface area contributed by atoms with Gasteiger partial charge in [-0.3, -0.25) is 9.36 Å². The molecule has 0 radical (unpaired) electrons. The predicted octanol–water partition coefficient (Wildman–Crippen LogP) is 3.42. The summed E-state index contributed by atoms with van der Waals surface area (Å²) >= 11 is 0. The zero-order valence-electron chi connectivity index (χ0n) is 17.9. The van der Waals surface area contributed by atoms with Crippen LogP contribution in [0.25, 0.3) is 16.6 Å². The van der Waals surface area contributed by atoms with Gasteiger partial charge in [0.25, 0.3) is 5.56 Å². The van der Waals surface area contributed by atoms with Crippen LogP contribution in [0.5, 0.6) is 0 Å². The van der Waals surface area contributed by atoms with Gasteiger partial charge in [-0.15, -0.1) is 0 Å². The van der Waals surface area contributed by atoms with E-state index in [9.17, 15) is 14.4 Å². The molecule has 0 aliphatic carbocycles. The summed E-state index contributed by atoms with van der Waals surface area (Å²) in [5.74, 6) is 0.567. The fraction of sp³-hybridized carbons (Fsp3) is 0.208. The van der Waals surface area contributed by atoms with Crippen LogP contribution in [-0.4, -0.2) is 26.1 Å². The van der Waals surface area contributed by atoms with Crippen molar-refractivity contribution in [3.05, 3.63) is 81.9 Å². The first kappa shape index (κ1) is 20.6. The van der Waals surface area contributed by atoms with Gasteiger partial charge in [-0.1, -0.05) is 18.2 Å². The van der Waals surface area contributed by atoms with Crippen LogP contribution in [0.2, 0.25) is 0 Å². The minimum Gasteiger partial charge on any atom is -0.382 e. The van der Waals surface area contributed by atoms with Crippen molar-refractivity contribution in [1.82, 2.24) is 19.5 Å². The first-order valence-electron chi connectivity index (χ1n) is 10.6. The Morgan fingerprint density at radius 3 is 2.73 bits per heavy atom. The van der Waals surface area contributed by atoms with E-state index in [-0.39, 0.29) is 33.9 Å². The maximum Gasteiger partial charge on any atom is 0.266 e. The maximum absolute atomic E-state index is 14.3. The van der Waals surface area contributed by atoms with Crippen LogP contribution in [0.4, 0.5) is 16.0 Å². The number of aromatic nitrogens is 4. The average molecular weight is 441 g/mol. The number of nitriles is 1. The molecule has 8 nitrogen and oxygen atoms in total. The van der Waals surface area contributed by atoms with Crippen molar-refractivity contribution >= 4 is 22.5 Å². The maximum atomic E-state index is 14.3. The summed E-state index contributed by atoms with van der Waals surface area (Å²) in [7, 11) is 0. The van der Waals surface area contributed by atoms with Gasteiger partial charge in [0.15, 0.2) is 5.82 Å². The lowest BCUT2D eigenvalue weighted by Gasteiger charge is -2.28. The third kappa shape index (κ3) is 3.27. The molecule has 2 N–H and O–H groups in total. The van der Waals surface area contributed by atoms with E-state index in [2.05, 4.69) is 16.0 Å². The minimum absolute atomic E-state index is 0.103. The molecule has 1 aliphatic heterocycles. The summed E-state index contributed by atoms with van der Waals surface area (Å²) in [6, 6.07) is 13.8. The quantitative estimate of drug-likeness (QED) is 0.518. The molecule has 2 aromatic heterocycles. The number of nitrogens with zero attached hydrogens (tertiary/aromatic N) is 6. The first-order chi connectivity index (χ1) is 16.0. The van der Waals surface area contributed by atoms with Crippen molar-refractivity contribution < 1.29 is 4.39 Å². The highest BCUT2D eigenvalue weighted by molar-refractivity contribution is 5.82. The summed E-state index contributed by atoms with van der Waals surface area (Å²) < 4.78 is 15.9. The normalized spacial score (nSPS) is 15.7. The van der Waals surface area contributed by atoms with Crippen LogP contribution in [0.1, 0.15) is 35.8 Å². The van der Waals surface area contributed by atoms with Crippen molar-refractivity contribution in [2.24, 2.45) is 0 Å². The summed E-state index contributed by atoms with van der Waals surface area (Å²) in [5, 5.41) is 9.89. The standard InChI is InChI=1S/C24H20FN7O/c1-14-17(25)9-10-18-20(14)24(33)32(15-6-3-2-4-7-15)23(30-18)19-8-5-11-31(19)22-16(12-26)21(27)28-13-29-22/h2-4,6-7,9-10,13,19H,5,8,11H2,1H3,(H2,27,28,29)/t19-/m0/s1. The van der Waals surface area contributed by atoms with Gasteiger partial charge < -0.3 is 10.6 Å². The lowest BCUT2D eigenvalue weighted by Crippen LogP contribution is -2.32. The second-order valence-corrected chi connectivity index (χ2v) is 7.93. The Kier molecular flexibility index (Phi) is 4.98.